The van der Waals surface area contributed by atoms with Gasteiger partial charge >= 0.3 is 0 Å². The maximum atomic E-state index is 5.51. The summed E-state index contributed by atoms with van der Waals surface area (Å²) < 4.78 is 6.24. The standard InChI is InChI=1S/C8H10INO/c1-11-7-2-3-8(9)6(4-7)5-10/h2-4H,5,10H2,1H3. The van der Waals surface area contributed by atoms with E-state index in [0.717, 1.165) is 11.3 Å². The number of hydrogen-bond donors (Lipinski definition) is 1. The van der Waals surface area contributed by atoms with E-state index in [4.69, 9.17) is 10.5 Å². The first-order valence-electron chi connectivity index (χ1n) is 3.30. The Labute approximate surface area is 79.9 Å². The number of halogens is 1. The average Bonchev–Trinajstić information content (AvgIpc) is 2.05. The molecule has 0 saturated heterocycles. The molecule has 0 unspecified atom stereocenters. The molecule has 60 valence electrons. The molecule has 0 atom stereocenters. The van der Waals surface area contributed by atoms with Crippen molar-refractivity contribution in [2.75, 3.05) is 7.11 Å². The van der Waals surface area contributed by atoms with Crippen LogP contribution in [0.15, 0.2) is 18.2 Å². The van der Waals surface area contributed by atoms with Crippen LogP contribution in [-0.2, 0) is 6.54 Å². The van der Waals surface area contributed by atoms with Gasteiger partial charge in [-0.05, 0) is 46.4 Å². The number of nitrogens with two attached hydrogens (primary N) is 1. The lowest BCUT2D eigenvalue weighted by Crippen LogP contribution is -1.99. The van der Waals surface area contributed by atoms with Crippen molar-refractivity contribution in [3.8, 4) is 5.75 Å². The molecule has 1 aromatic rings. The van der Waals surface area contributed by atoms with E-state index in [9.17, 15) is 0 Å². The van der Waals surface area contributed by atoms with Crippen LogP contribution in [0.2, 0.25) is 0 Å². The summed E-state index contributed by atoms with van der Waals surface area (Å²) in [7, 11) is 1.66. The van der Waals surface area contributed by atoms with Crippen molar-refractivity contribution in [1.29, 1.82) is 0 Å². The fraction of sp³-hybridized carbons (Fsp3) is 0.250. The van der Waals surface area contributed by atoms with Crippen molar-refractivity contribution in [3.63, 3.8) is 0 Å². The molecule has 3 heteroatoms. The third-order valence-electron chi connectivity index (χ3n) is 1.47. The Bertz CT molecular complexity index is 250. The first-order valence-corrected chi connectivity index (χ1v) is 4.38. The Morgan fingerprint density at radius 2 is 2.27 bits per heavy atom. The Morgan fingerprint density at radius 3 is 2.82 bits per heavy atom. The molecule has 0 bridgehead atoms. The maximum absolute atomic E-state index is 5.51. The second kappa shape index (κ2) is 3.92. The highest BCUT2D eigenvalue weighted by molar-refractivity contribution is 14.1. The molecule has 2 N–H and O–H groups in total. The molecule has 1 rings (SSSR count). The number of methoxy groups -OCH3 is 1. The molecule has 2 nitrogen and oxygen atoms in total. The van der Waals surface area contributed by atoms with Gasteiger partial charge in [0, 0.05) is 10.1 Å². The summed E-state index contributed by atoms with van der Waals surface area (Å²) >= 11 is 2.26. The van der Waals surface area contributed by atoms with Crippen LogP contribution in [0.3, 0.4) is 0 Å². The van der Waals surface area contributed by atoms with Gasteiger partial charge in [-0.2, -0.15) is 0 Å². The van der Waals surface area contributed by atoms with Crippen molar-refractivity contribution in [3.05, 3.63) is 27.3 Å². The summed E-state index contributed by atoms with van der Waals surface area (Å²) in [6, 6.07) is 5.89. The zero-order valence-electron chi connectivity index (χ0n) is 6.30. The van der Waals surface area contributed by atoms with Gasteiger partial charge in [0.05, 0.1) is 7.11 Å². The zero-order chi connectivity index (χ0) is 8.27. The fourth-order valence-corrected chi connectivity index (χ4v) is 1.39. The molecule has 0 fully saturated rings. The van der Waals surface area contributed by atoms with Gasteiger partial charge in [0.15, 0.2) is 0 Å². The SMILES string of the molecule is COc1ccc(I)c(CN)c1. The van der Waals surface area contributed by atoms with E-state index in [-0.39, 0.29) is 0 Å². The molecule has 0 amide bonds. The van der Waals surface area contributed by atoms with Crippen LogP contribution in [-0.4, -0.2) is 7.11 Å². The summed E-state index contributed by atoms with van der Waals surface area (Å²) in [6.07, 6.45) is 0. The van der Waals surface area contributed by atoms with E-state index in [1.165, 1.54) is 3.57 Å². The van der Waals surface area contributed by atoms with Gasteiger partial charge in [-0.25, -0.2) is 0 Å². The predicted molar refractivity (Wildman–Crippen MR) is 53.6 cm³/mol. The molecule has 0 aliphatic heterocycles. The van der Waals surface area contributed by atoms with E-state index in [0.29, 0.717) is 6.54 Å². The summed E-state index contributed by atoms with van der Waals surface area (Å²) in [5.74, 6) is 0.867. The van der Waals surface area contributed by atoms with Crippen molar-refractivity contribution in [2.45, 2.75) is 6.54 Å². The lowest BCUT2D eigenvalue weighted by molar-refractivity contribution is 0.414. The highest BCUT2D eigenvalue weighted by Gasteiger charge is 1.98. The molecule has 0 saturated carbocycles. The molecular weight excluding hydrogens is 253 g/mol. The van der Waals surface area contributed by atoms with E-state index >= 15 is 0 Å². The van der Waals surface area contributed by atoms with Crippen LogP contribution >= 0.6 is 22.6 Å². The molecule has 1 aromatic carbocycles. The molecule has 0 aliphatic rings. The first-order chi connectivity index (χ1) is 5.27. The van der Waals surface area contributed by atoms with Crippen molar-refractivity contribution in [2.24, 2.45) is 5.73 Å². The van der Waals surface area contributed by atoms with Crippen LogP contribution < -0.4 is 10.5 Å². The smallest absolute Gasteiger partial charge is 0.119 e. The van der Waals surface area contributed by atoms with Crippen LogP contribution in [0, 0.1) is 3.57 Å². The van der Waals surface area contributed by atoms with E-state index in [1.54, 1.807) is 7.11 Å². The summed E-state index contributed by atoms with van der Waals surface area (Å²) in [6.45, 7) is 0.565. The largest absolute Gasteiger partial charge is 0.497 e. The first kappa shape index (κ1) is 8.80. The number of benzene rings is 1. The monoisotopic (exact) mass is 263 g/mol. The maximum Gasteiger partial charge on any atom is 0.119 e. The van der Waals surface area contributed by atoms with Gasteiger partial charge in [-0.15, -0.1) is 0 Å². The Balaban J connectivity index is 3.02. The molecular formula is C8H10INO. The molecule has 11 heavy (non-hydrogen) atoms. The highest BCUT2D eigenvalue weighted by Crippen LogP contribution is 2.18. The lowest BCUT2D eigenvalue weighted by atomic mass is 10.2. The molecule has 0 aliphatic carbocycles. The van der Waals surface area contributed by atoms with Crippen LogP contribution in [0.1, 0.15) is 5.56 Å². The summed E-state index contributed by atoms with van der Waals surface area (Å²) in [5.41, 5.74) is 6.64. The van der Waals surface area contributed by atoms with Crippen molar-refractivity contribution in [1.82, 2.24) is 0 Å². The minimum absolute atomic E-state index is 0.565. The Morgan fingerprint density at radius 1 is 1.55 bits per heavy atom. The van der Waals surface area contributed by atoms with Gasteiger partial charge < -0.3 is 10.5 Å². The highest BCUT2D eigenvalue weighted by atomic mass is 127. The lowest BCUT2D eigenvalue weighted by Gasteiger charge is -2.03. The third-order valence-corrected chi connectivity index (χ3v) is 2.53. The fourth-order valence-electron chi connectivity index (χ4n) is 0.835. The summed E-state index contributed by atoms with van der Waals surface area (Å²) in [5, 5.41) is 0. The van der Waals surface area contributed by atoms with E-state index < -0.39 is 0 Å². The second-order valence-corrected chi connectivity index (χ2v) is 3.32. The van der Waals surface area contributed by atoms with Gasteiger partial charge in [0.1, 0.15) is 5.75 Å². The molecule has 0 aromatic heterocycles. The van der Waals surface area contributed by atoms with E-state index in [1.807, 2.05) is 18.2 Å². The van der Waals surface area contributed by atoms with Gasteiger partial charge in [-0.1, -0.05) is 0 Å². The van der Waals surface area contributed by atoms with Gasteiger partial charge in [0.25, 0.3) is 0 Å². The quantitative estimate of drug-likeness (QED) is 0.825. The van der Waals surface area contributed by atoms with Crippen LogP contribution in [0.5, 0.6) is 5.75 Å². The van der Waals surface area contributed by atoms with Crippen LogP contribution in [0.4, 0.5) is 0 Å². The molecule has 0 spiro atoms. The Kier molecular flexibility index (Phi) is 3.14. The number of rotatable bonds is 2. The van der Waals surface area contributed by atoms with Crippen LogP contribution in [0.25, 0.3) is 0 Å². The topological polar surface area (TPSA) is 35.2 Å². The second-order valence-electron chi connectivity index (χ2n) is 2.16. The molecule has 0 heterocycles. The van der Waals surface area contributed by atoms with E-state index in [2.05, 4.69) is 22.6 Å². The average molecular weight is 263 g/mol. The number of ether oxygens (including phenoxy) is 1. The minimum Gasteiger partial charge on any atom is -0.497 e. The van der Waals surface area contributed by atoms with Crippen molar-refractivity contribution < 1.29 is 4.74 Å². The molecule has 0 radical (unpaired) electrons. The number of hydrogen-bond acceptors (Lipinski definition) is 2. The minimum atomic E-state index is 0.565. The third kappa shape index (κ3) is 2.07. The van der Waals surface area contributed by atoms with Gasteiger partial charge in [-0.3, -0.25) is 0 Å². The Hall–Kier alpha value is -0.290. The summed E-state index contributed by atoms with van der Waals surface area (Å²) in [4.78, 5) is 0. The van der Waals surface area contributed by atoms with Crippen molar-refractivity contribution >= 4 is 22.6 Å². The normalized spacial score (nSPS) is 9.73. The van der Waals surface area contributed by atoms with Gasteiger partial charge in [0.2, 0.25) is 0 Å². The predicted octanol–water partition coefficient (Wildman–Crippen LogP) is 1.76. The zero-order valence-corrected chi connectivity index (χ0v) is 8.46.